The minimum Gasteiger partial charge on any atom is -0.511 e. The summed E-state index contributed by atoms with van der Waals surface area (Å²) in [6.45, 7) is 9.49. The summed E-state index contributed by atoms with van der Waals surface area (Å²) in [5.41, 5.74) is 5.09. The molecule has 0 bridgehead atoms. The summed E-state index contributed by atoms with van der Waals surface area (Å²) < 4.78 is 21.5. The average molecular weight is 1090 g/mol. The van der Waals surface area contributed by atoms with Gasteiger partial charge in [0.25, 0.3) is 0 Å². The number of carbonyl (C=O) groups is 9. The van der Waals surface area contributed by atoms with Gasteiger partial charge in [0.2, 0.25) is 23.6 Å². The summed E-state index contributed by atoms with van der Waals surface area (Å²) >= 11 is 1.25. The summed E-state index contributed by atoms with van der Waals surface area (Å²) in [6, 6.07) is -0.966. The Morgan fingerprint density at radius 2 is 1.07 bits per heavy atom. The van der Waals surface area contributed by atoms with Crippen molar-refractivity contribution < 1.29 is 82.5 Å². The molecule has 0 aromatic heterocycles. The Morgan fingerprint density at radius 3 is 1.55 bits per heavy atom. The number of ketones is 3. The van der Waals surface area contributed by atoms with Crippen LogP contribution in [0.1, 0.15) is 149 Å². The molecule has 0 rings (SSSR count). The molecule has 0 fully saturated rings. The third-order valence-corrected chi connectivity index (χ3v) is 12.5. The van der Waals surface area contributed by atoms with Crippen LogP contribution in [-0.4, -0.2) is 176 Å². The van der Waals surface area contributed by atoms with Crippen LogP contribution in [0.5, 0.6) is 0 Å². The van der Waals surface area contributed by atoms with E-state index in [0.717, 1.165) is 51.4 Å². The maximum absolute atomic E-state index is 12.4. The van der Waals surface area contributed by atoms with Crippen molar-refractivity contribution in [3.05, 3.63) is 12.3 Å². The maximum Gasteiger partial charge on any atom is 0.309 e. The van der Waals surface area contributed by atoms with E-state index in [-0.39, 0.29) is 157 Å². The van der Waals surface area contributed by atoms with Crippen molar-refractivity contribution in [3.8, 4) is 0 Å². The number of amides is 4. The number of aliphatic hydroxyl groups excluding tert-OH is 2. The number of ether oxygens (including phenoxy) is 4. The number of carboxylic acids is 2. The van der Waals surface area contributed by atoms with Gasteiger partial charge in [0.1, 0.15) is 36.3 Å². The van der Waals surface area contributed by atoms with Crippen LogP contribution in [0, 0.1) is 11.8 Å². The fraction of sp³-hybridized carbons (Fsp3) is 0.788. The Kier molecular flexibility index (Phi) is 48.7. The van der Waals surface area contributed by atoms with Gasteiger partial charge >= 0.3 is 11.9 Å². The highest BCUT2D eigenvalue weighted by Gasteiger charge is 2.25. The third kappa shape index (κ3) is 48.8. The Hall–Kier alpha value is -4.52. The molecule has 434 valence electrons. The van der Waals surface area contributed by atoms with Gasteiger partial charge in [0.15, 0.2) is 0 Å². The zero-order valence-corrected chi connectivity index (χ0v) is 46.0. The Balaban J connectivity index is 0. The second-order valence-electron chi connectivity index (χ2n) is 18.2. The van der Waals surface area contributed by atoms with Gasteiger partial charge in [0.05, 0.1) is 63.4 Å². The van der Waals surface area contributed by atoms with Gasteiger partial charge in [-0.3, -0.25) is 43.2 Å². The number of Topliss-reactive ketones (excluding diaryl/α,β-unsaturated/α-hetero) is 3. The van der Waals surface area contributed by atoms with Crippen molar-refractivity contribution >= 4 is 64.7 Å². The third-order valence-electron chi connectivity index (χ3n) is 11.4. The van der Waals surface area contributed by atoms with E-state index < -0.39 is 36.4 Å². The first-order valence-electron chi connectivity index (χ1n) is 26.6. The minimum absolute atomic E-state index is 0.0140. The molecule has 22 nitrogen and oxygen atoms in total. The second kappa shape index (κ2) is 50.3. The quantitative estimate of drug-likeness (QED) is 0.0307. The Bertz CT molecular complexity index is 1620. The smallest absolute Gasteiger partial charge is 0.309 e. The summed E-state index contributed by atoms with van der Waals surface area (Å²) in [5.74, 6) is -4.62. The molecule has 0 spiro atoms. The summed E-state index contributed by atoms with van der Waals surface area (Å²) in [5, 5.41) is 47.5. The van der Waals surface area contributed by atoms with Crippen LogP contribution < -0.4 is 27.0 Å². The maximum atomic E-state index is 12.4. The number of aliphatic carboxylic acids is 2. The number of thioether (sulfide) groups is 1. The van der Waals surface area contributed by atoms with Crippen LogP contribution >= 0.6 is 11.8 Å². The van der Waals surface area contributed by atoms with Crippen molar-refractivity contribution in [2.45, 2.75) is 161 Å². The number of nitrogens with one attached hydrogen (secondary N) is 4. The zero-order chi connectivity index (χ0) is 56.5. The molecule has 0 heterocycles. The lowest BCUT2D eigenvalue weighted by Crippen LogP contribution is -2.37. The molecule has 0 radical (unpaired) electrons. The zero-order valence-electron chi connectivity index (χ0n) is 45.1. The standard InChI is InChI=1S/C48H84N4O16S.C4H9NO/c1-3-38(42(56)31-39(32-53)48(63)64)35-69-36-46(60)50-23-22-49-44(58)33-68-30-28-66-26-24-51-45(59)34-67-29-27-65-25-16-17-40(55)20-21-41(37(2)54)52-43(57)18-14-12-10-8-6-4-5-7-9-11-13-15-19-47(61)62;1-3(5)4(2)6/h38-39,41,53-54H,2-36H2,1H3,(H,49,58)(H,50,60)(H,51,59)(H,52,57)(H,61,62)(H,63,64);3H,5H2,1-2H3/t38-,39-,41-;3-/m00/s1. The van der Waals surface area contributed by atoms with Crippen molar-refractivity contribution in [1.82, 2.24) is 21.3 Å². The number of nitrogens with two attached hydrogens (primary N) is 1. The fourth-order valence-electron chi connectivity index (χ4n) is 6.68. The van der Waals surface area contributed by atoms with Gasteiger partial charge in [-0.2, -0.15) is 11.8 Å². The molecule has 23 heteroatoms. The van der Waals surface area contributed by atoms with Gasteiger partial charge in [-0.05, 0) is 46.0 Å². The molecule has 75 heavy (non-hydrogen) atoms. The Morgan fingerprint density at radius 1 is 0.587 bits per heavy atom. The van der Waals surface area contributed by atoms with Crippen molar-refractivity contribution in [2.75, 3.05) is 90.6 Å². The SMILES string of the molecule is C=C(O)[C@H](CCC(=O)CCCOCCOCC(=O)NCCOCCOCC(=O)NCCNC(=O)CSC[C@H](CC)C(=O)C[C@@H](CO)C(=O)O)NC(=O)CCCCCCCCCCCCCCC(=O)O.CC(=O)[C@H](C)N. The summed E-state index contributed by atoms with van der Waals surface area (Å²) in [7, 11) is 0. The van der Waals surface area contributed by atoms with Crippen LogP contribution in [0.15, 0.2) is 12.3 Å². The number of unbranched alkanes of at least 4 members (excludes halogenated alkanes) is 11. The number of carboxylic acid groups (broad SMARTS) is 2. The van der Waals surface area contributed by atoms with Crippen molar-refractivity contribution in [3.63, 3.8) is 0 Å². The number of rotatable bonds is 51. The molecular weight excluding hydrogens is 999 g/mol. The molecule has 4 atom stereocenters. The number of carbonyl (C=O) groups excluding carboxylic acids is 7. The van der Waals surface area contributed by atoms with E-state index in [2.05, 4.69) is 27.8 Å². The van der Waals surface area contributed by atoms with Gasteiger partial charge in [-0.25, -0.2) is 0 Å². The molecule has 10 N–H and O–H groups in total. The second-order valence-corrected chi connectivity index (χ2v) is 19.2. The van der Waals surface area contributed by atoms with E-state index in [1.807, 2.05) is 0 Å². The van der Waals surface area contributed by atoms with Crippen LogP contribution in [-0.2, 0) is 62.1 Å². The Labute approximate surface area is 448 Å². The van der Waals surface area contributed by atoms with E-state index in [9.17, 15) is 48.3 Å². The lowest BCUT2D eigenvalue weighted by Gasteiger charge is -2.17. The molecule has 0 aliphatic heterocycles. The largest absolute Gasteiger partial charge is 0.511 e. The molecule has 0 saturated carbocycles. The molecule has 0 aliphatic carbocycles. The van der Waals surface area contributed by atoms with Crippen LogP contribution in [0.25, 0.3) is 0 Å². The molecule has 4 amide bonds. The number of hydrogen-bond donors (Lipinski definition) is 9. The average Bonchev–Trinajstić information content (AvgIpc) is 3.36. The highest BCUT2D eigenvalue weighted by Crippen LogP contribution is 2.18. The van der Waals surface area contributed by atoms with E-state index in [0.29, 0.717) is 31.6 Å². The van der Waals surface area contributed by atoms with Gasteiger partial charge < -0.3 is 66.4 Å². The molecule has 0 unspecified atom stereocenters. The lowest BCUT2D eigenvalue weighted by atomic mass is 9.94. The number of hydrogen-bond acceptors (Lipinski definition) is 17. The molecular formula is C52H93N5O17S. The molecule has 0 aromatic carbocycles. The van der Waals surface area contributed by atoms with Gasteiger partial charge in [-0.1, -0.05) is 77.7 Å². The van der Waals surface area contributed by atoms with Crippen molar-refractivity contribution in [2.24, 2.45) is 17.6 Å². The van der Waals surface area contributed by atoms with Crippen molar-refractivity contribution in [1.29, 1.82) is 0 Å². The predicted octanol–water partition coefficient (Wildman–Crippen LogP) is 3.97. The molecule has 0 saturated heterocycles. The number of aliphatic hydroxyl groups is 2. The van der Waals surface area contributed by atoms with Crippen LogP contribution in [0.3, 0.4) is 0 Å². The lowest BCUT2D eigenvalue weighted by molar-refractivity contribution is -0.145. The van der Waals surface area contributed by atoms with E-state index >= 15 is 0 Å². The van der Waals surface area contributed by atoms with Gasteiger partial charge in [0, 0.05) is 70.0 Å². The molecule has 0 aromatic rings. The van der Waals surface area contributed by atoms with Crippen LogP contribution in [0.4, 0.5) is 0 Å². The highest BCUT2D eigenvalue weighted by atomic mass is 32.2. The monoisotopic (exact) mass is 1090 g/mol. The van der Waals surface area contributed by atoms with Crippen LogP contribution in [0.2, 0.25) is 0 Å². The predicted molar refractivity (Wildman–Crippen MR) is 285 cm³/mol. The topological polar surface area (TPSA) is 346 Å². The van der Waals surface area contributed by atoms with E-state index in [4.69, 9.17) is 40.0 Å². The van der Waals surface area contributed by atoms with E-state index in [1.165, 1.54) is 44.4 Å². The minimum atomic E-state index is -1.23. The van der Waals surface area contributed by atoms with E-state index in [1.54, 1.807) is 13.8 Å². The first-order chi connectivity index (χ1) is 35.8. The highest BCUT2D eigenvalue weighted by molar-refractivity contribution is 7.99. The normalized spacial score (nSPS) is 12.5. The molecule has 0 aliphatic rings. The summed E-state index contributed by atoms with van der Waals surface area (Å²) in [6.07, 6.45) is 14.7. The first kappa shape index (κ1) is 72.6. The summed E-state index contributed by atoms with van der Waals surface area (Å²) in [4.78, 5) is 105. The fourth-order valence-corrected chi connectivity index (χ4v) is 7.79. The van der Waals surface area contributed by atoms with Gasteiger partial charge in [-0.15, -0.1) is 0 Å². The first-order valence-corrected chi connectivity index (χ1v) is 27.7.